The Labute approximate surface area is 144 Å². The molecule has 0 aliphatic carbocycles. The molecule has 0 aromatic carbocycles. The van der Waals surface area contributed by atoms with Crippen LogP contribution in [-0.4, -0.2) is 68.2 Å². The molecule has 1 aromatic rings. The molecule has 134 valence electrons. The SMILES string of the molecule is CCNC(=NCC(c1ccc(C)o1)N1CCOCC1)N1CCCC1. The molecule has 1 atom stereocenters. The van der Waals surface area contributed by atoms with Crippen LogP contribution in [0, 0.1) is 6.92 Å². The fraction of sp³-hybridized carbons (Fsp3) is 0.722. The first-order valence-electron chi connectivity index (χ1n) is 9.19. The topological polar surface area (TPSA) is 53.2 Å². The molecule has 2 saturated heterocycles. The van der Waals surface area contributed by atoms with Crippen LogP contribution < -0.4 is 5.32 Å². The van der Waals surface area contributed by atoms with Gasteiger partial charge in [-0.2, -0.15) is 0 Å². The maximum atomic E-state index is 5.93. The zero-order valence-electron chi connectivity index (χ0n) is 15.0. The number of aliphatic imine (C=N–C) groups is 1. The molecule has 2 aliphatic rings. The van der Waals surface area contributed by atoms with Crippen LogP contribution in [0.2, 0.25) is 0 Å². The van der Waals surface area contributed by atoms with E-state index in [-0.39, 0.29) is 6.04 Å². The molecule has 6 nitrogen and oxygen atoms in total. The number of nitrogens with zero attached hydrogens (tertiary/aromatic N) is 3. The van der Waals surface area contributed by atoms with Crippen LogP contribution in [0.5, 0.6) is 0 Å². The van der Waals surface area contributed by atoms with Gasteiger partial charge in [-0.05, 0) is 38.8 Å². The lowest BCUT2D eigenvalue weighted by atomic mass is 10.1. The Kier molecular flexibility index (Phi) is 6.15. The van der Waals surface area contributed by atoms with Crippen molar-refractivity contribution < 1.29 is 9.15 Å². The highest BCUT2D eigenvalue weighted by molar-refractivity contribution is 5.80. The predicted octanol–water partition coefficient (Wildman–Crippen LogP) is 2.02. The Bertz CT molecular complexity index is 531. The van der Waals surface area contributed by atoms with Crippen LogP contribution in [0.3, 0.4) is 0 Å². The summed E-state index contributed by atoms with van der Waals surface area (Å²) in [5.41, 5.74) is 0. The largest absolute Gasteiger partial charge is 0.465 e. The summed E-state index contributed by atoms with van der Waals surface area (Å²) in [6.07, 6.45) is 2.52. The van der Waals surface area contributed by atoms with E-state index in [0.717, 1.165) is 63.4 Å². The second-order valence-electron chi connectivity index (χ2n) is 6.50. The minimum Gasteiger partial charge on any atom is -0.465 e. The van der Waals surface area contributed by atoms with E-state index in [4.69, 9.17) is 14.1 Å². The third-order valence-corrected chi connectivity index (χ3v) is 4.73. The minimum atomic E-state index is 0.179. The van der Waals surface area contributed by atoms with E-state index in [1.807, 2.05) is 13.0 Å². The Morgan fingerprint density at radius 3 is 2.58 bits per heavy atom. The molecule has 1 aromatic heterocycles. The summed E-state index contributed by atoms with van der Waals surface area (Å²) < 4.78 is 11.4. The van der Waals surface area contributed by atoms with Crippen molar-refractivity contribution in [2.24, 2.45) is 4.99 Å². The number of hydrogen-bond acceptors (Lipinski definition) is 4. The number of ether oxygens (including phenoxy) is 1. The third kappa shape index (κ3) is 4.30. The van der Waals surface area contributed by atoms with Crippen LogP contribution in [-0.2, 0) is 4.74 Å². The molecule has 3 heterocycles. The average molecular weight is 334 g/mol. The lowest BCUT2D eigenvalue weighted by Crippen LogP contribution is -2.42. The molecule has 2 aliphatic heterocycles. The van der Waals surface area contributed by atoms with Crippen LogP contribution in [0.1, 0.15) is 37.3 Å². The lowest BCUT2D eigenvalue weighted by molar-refractivity contribution is 0.0135. The number of nitrogens with one attached hydrogen (secondary N) is 1. The van der Waals surface area contributed by atoms with Crippen LogP contribution in [0.15, 0.2) is 21.5 Å². The van der Waals surface area contributed by atoms with Gasteiger partial charge < -0.3 is 19.4 Å². The lowest BCUT2D eigenvalue weighted by Gasteiger charge is -2.33. The number of hydrogen-bond donors (Lipinski definition) is 1. The van der Waals surface area contributed by atoms with Gasteiger partial charge in [0.1, 0.15) is 11.5 Å². The van der Waals surface area contributed by atoms with Crippen molar-refractivity contribution in [2.45, 2.75) is 32.7 Å². The van der Waals surface area contributed by atoms with Crippen molar-refractivity contribution in [1.29, 1.82) is 0 Å². The number of likely N-dealkylation sites (tertiary alicyclic amines) is 1. The van der Waals surface area contributed by atoms with E-state index in [2.05, 4.69) is 28.1 Å². The predicted molar refractivity (Wildman–Crippen MR) is 95.4 cm³/mol. The van der Waals surface area contributed by atoms with Gasteiger partial charge in [0.05, 0.1) is 25.8 Å². The van der Waals surface area contributed by atoms with E-state index in [1.54, 1.807) is 0 Å². The number of guanidine groups is 1. The van der Waals surface area contributed by atoms with Gasteiger partial charge in [0.15, 0.2) is 5.96 Å². The molecule has 0 radical (unpaired) electrons. The van der Waals surface area contributed by atoms with E-state index in [0.29, 0.717) is 6.54 Å². The quantitative estimate of drug-likeness (QED) is 0.659. The molecular formula is C18H30N4O2. The van der Waals surface area contributed by atoms with Crippen molar-refractivity contribution in [1.82, 2.24) is 15.1 Å². The number of rotatable bonds is 5. The van der Waals surface area contributed by atoms with Crippen molar-refractivity contribution in [3.8, 4) is 0 Å². The normalized spacial score (nSPS) is 21.2. The Balaban J connectivity index is 1.75. The highest BCUT2D eigenvalue weighted by atomic mass is 16.5. The average Bonchev–Trinajstić information content (AvgIpc) is 3.27. The first-order chi connectivity index (χ1) is 11.8. The monoisotopic (exact) mass is 334 g/mol. The molecule has 24 heavy (non-hydrogen) atoms. The molecule has 0 saturated carbocycles. The van der Waals surface area contributed by atoms with Gasteiger partial charge in [-0.1, -0.05) is 0 Å². The molecule has 6 heteroatoms. The van der Waals surface area contributed by atoms with Gasteiger partial charge in [-0.3, -0.25) is 9.89 Å². The number of morpholine rings is 1. The summed E-state index contributed by atoms with van der Waals surface area (Å²) >= 11 is 0. The van der Waals surface area contributed by atoms with E-state index < -0.39 is 0 Å². The van der Waals surface area contributed by atoms with Crippen molar-refractivity contribution >= 4 is 5.96 Å². The summed E-state index contributed by atoms with van der Waals surface area (Å²) in [6.45, 7) is 11.4. The van der Waals surface area contributed by atoms with Crippen molar-refractivity contribution in [2.75, 3.05) is 52.5 Å². The Hall–Kier alpha value is -1.53. The maximum Gasteiger partial charge on any atom is 0.193 e. The second-order valence-corrected chi connectivity index (χ2v) is 6.50. The molecule has 1 unspecified atom stereocenters. The van der Waals surface area contributed by atoms with Crippen molar-refractivity contribution in [3.63, 3.8) is 0 Å². The highest BCUT2D eigenvalue weighted by Gasteiger charge is 2.26. The standard InChI is InChI=1S/C18H30N4O2/c1-3-19-18(22-8-4-5-9-22)20-14-16(17-7-6-15(2)24-17)21-10-12-23-13-11-21/h6-7,16H,3-5,8-14H2,1-2H3,(H,19,20). The molecular weight excluding hydrogens is 304 g/mol. The highest BCUT2D eigenvalue weighted by Crippen LogP contribution is 2.24. The molecule has 0 bridgehead atoms. The van der Waals surface area contributed by atoms with E-state index in [9.17, 15) is 0 Å². The van der Waals surface area contributed by atoms with Gasteiger partial charge in [-0.15, -0.1) is 0 Å². The summed E-state index contributed by atoms with van der Waals surface area (Å²) in [4.78, 5) is 9.74. The second kappa shape index (κ2) is 8.53. The van der Waals surface area contributed by atoms with Crippen LogP contribution in [0.25, 0.3) is 0 Å². The number of furan rings is 1. The molecule has 0 amide bonds. The molecule has 2 fully saturated rings. The minimum absolute atomic E-state index is 0.179. The van der Waals surface area contributed by atoms with Gasteiger partial charge in [0, 0.05) is 32.7 Å². The smallest absolute Gasteiger partial charge is 0.193 e. The summed E-state index contributed by atoms with van der Waals surface area (Å²) in [6, 6.07) is 4.31. The first kappa shape index (κ1) is 17.3. The van der Waals surface area contributed by atoms with Gasteiger partial charge >= 0.3 is 0 Å². The zero-order valence-corrected chi connectivity index (χ0v) is 15.0. The zero-order chi connectivity index (χ0) is 16.8. The van der Waals surface area contributed by atoms with Gasteiger partial charge in [0.2, 0.25) is 0 Å². The van der Waals surface area contributed by atoms with E-state index >= 15 is 0 Å². The van der Waals surface area contributed by atoms with Gasteiger partial charge in [-0.25, -0.2) is 0 Å². The first-order valence-corrected chi connectivity index (χ1v) is 9.19. The van der Waals surface area contributed by atoms with Crippen molar-refractivity contribution in [3.05, 3.63) is 23.7 Å². The summed E-state index contributed by atoms with van der Waals surface area (Å²) in [5, 5.41) is 3.44. The van der Waals surface area contributed by atoms with Crippen LogP contribution >= 0.6 is 0 Å². The maximum absolute atomic E-state index is 5.93. The molecule has 3 rings (SSSR count). The fourth-order valence-electron chi connectivity index (χ4n) is 3.43. The summed E-state index contributed by atoms with van der Waals surface area (Å²) in [5.74, 6) is 3.01. The van der Waals surface area contributed by atoms with Crippen LogP contribution in [0.4, 0.5) is 0 Å². The molecule has 1 N–H and O–H groups in total. The Morgan fingerprint density at radius 2 is 1.96 bits per heavy atom. The molecule has 0 spiro atoms. The van der Waals surface area contributed by atoms with Gasteiger partial charge in [0.25, 0.3) is 0 Å². The fourth-order valence-corrected chi connectivity index (χ4v) is 3.43. The number of aryl methyl sites for hydroxylation is 1. The summed E-state index contributed by atoms with van der Waals surface area (Å²) in [7, 11) is 0. The third-order valence-electron chi connectivity index (χ3n) is 4.73. The van der Waals surface area contributed by atoms with E-state index in [1.165, 1.54) is 12.8 Å². The Morgan fingerprint density at radius 1 is 1.21 bits per heavy atom.